The summed E-state index contributed by atoms with van der Waals surface area (Å²) < 4.78 is 16.0. The van der Waals surface area contributed by atoms with Crippen molar-refractivity contribution in [2.45, 2.75) is 25.5 Å². The monoisotopic (exact) mass is 310 g/mol. The van der Waals surface area contributed by atoms with Gasteiger partial charge in [-0.15, -0.1) is 0 Å². The molecule has 1 atom stereocenters. The number of rotatable bonds is 1. The van der Waals surface area contributed by atoms with Crippen molar-refractivity contribution in [3.63, 3.8) is 0 Å². The number of imidazole rings is 1. The standard InChI is InChI=1S/C13H12BrFN2O/c14-12-11-5-4-10(18)7-17(11)13(16-12)8-2-1-3-9(15)6-8/h1-3,6,10,18H,4-5,7H2. The number of nitrogens with zero attached hydrogens (tertiary/aromatic N) is 2. The third-order valence-corrected chi connectivity index (χ3v) is 3.85. The van der Waals surface area contributed by atoms with E-state index in [1.807, 2.05) is 10.6 Å². The van der Waals surface area contributed by atoms with Gasteiger partial charge in [0, 0.05) is 5.56 Å². The second-order valence-corrected chi connectivity index (χ2v) is 5.24. The smallest absolute Gasteiger partial charge is 0.141 e. The molecule has 18 heavy (non-hydrogen) atoms. The molecule has 3 nitrogen and oxygen atoms in total. The van der Waals surface area contributed by atoms with E-state index in [0.29, 0.717) is 12.4 Å². The Hall–Kier alpha value is -1.20. The SMILES string of the molecule is OC1CCc2c(Br)nc(-c3cccc(F)c3)n2C1. The van der Waals surface area contributed by atoms with Gasteiger partial charge < -0.3 is 9.67 Å². The van der Waals surface area contributed by atoms with Gasteiger partial charge in [0.15, 0.2) is 0 Å². The first-order valence-electron chi connectivity index (χ1n) is 5.84. The first-order valence-corrected chi connectivity index (χ1v) is 6.63. The van der Waals surface area contributed by atoms with Crippen LogP contribution in [0.5, 0.6) is 0 Å². The van der Waals surface area contributed by atoms with Crippen molar-refractivity contribution in [3.8, 4) is 11.4 Å². The van der Waals surface area contributed by atoms with Gasteiger partial charge >= 0.3 is 0 Å². The van der Waals surface area contributed by atoms with Gasteiger partial charge in [0.1, 0.15) is 16.2 Å². The molecule has 1 N–H and O–H groups in total. The van der Waals surface area contributed by atoms with E-state index in [2.05, 4.69) is 20.9 Å². The Labute approximate surface area is 112 Å². The highest BCUT2D eigenvalue weighted by Crippen LogP contribution is 2.30. The van der Waals surface area contributed by atoms with Crippen LogP contribution in [-0.4, -0.2) is 20.8 Å². The van der Waals surface area contributed by atoms with Crippen molar-refractivity contribution in [2.24, 2.45) is 0 Å². The average molecular weight is 311 g/mol. The minimum Gasteiger partial charge on any atom is -0.391 e. The van der Waals surface area contributed by atoms with Crippen molar-refractivity contribution >= 4 is 15.9 Å². The molecule has 3 rings (SSSR count). The minimum atomic E-state index is -0.356. The van der Waals surface area contributed by atoms with Crippen molar-refractivity contribution in [1.82, 2.24) is 9.55 Å². The second-order valence-electron chi connectivity index (χ2n) is 4.49. The van der Waals surface area contributed by atoms with Gasteiger partial charge in [0.2, 0.25) is 0 Å². The van der Waals surface area contributed by atoms with E-state index >= 15 is 0 Å². The van der Waals surface area contributed by atoms with Crippen LogP contribution < -0.4 is 0 Å². The van der Waals surface area contributed by atoms with Gasteiger partial charge in [-0.25, -0.2) is 9.37 Å². The quantitative estimate of drug-likeness (QED) is 0.879. The molecule has 0 amide bonds. The summed E-state index contributed by atoms with van der Waals surface area (Å²) in [5.74, 6) is 0.424. The van der Waals surface area contributed by atoms with Crippen molar-refractivity contribution in [1.29, 1.82) is 0 Å². The zero-order chi connectivity index (χ0) is 12.7. The number of aliphatic hydroxyl groups excluding tert-OH is 1. The lowest BCUT2D eigenvalue weighted by Crippen LogP contribution is -2.24. The Bertz CT molecular complexity index is 597. The summed E-state index contributed by atoms with van der Waals surface area (Å²) in [5.41, 5.74) is 1.80. The molecule has 0 fully saturated rings. The maximum absolute atomic E-state index is 13.3. The van der Waals surface area contributed by atoms with Gasteiger partial charge in [-0.1, -0.05) is 12.1 Å². The fraction of sp³-hybridized carbons (Fsp3) is 0.308. The molecule has 5 heteroatoms. The first kappa shape index (κ1) is 11.9. The summed E-state index contributed by atoms with van der Waals surface area (Å²) in [4.78, 5) is 4.44. The molecule has 1 aromatic carbocycles. The van der Waals surface area contributed by atoms with Crippen LogP contribution in [0.25, 0.3) is 11.4 Å². The second kappa shape index (κ2) is 4.48. The Balaban J connectivity index is 2.13. The lowest BCUT2D eigenvalue weighted by Gasteiger charge is -2.21. The zero-order valence-corrected chi connectivity index (χ0v) is 11.2. The Morgan fingerprint density at radius 3 is 3.06 bits per heavy atom. The molecule has 1 aliphatic heterocycles. The highest BCUT2D eigenvalue weighted by atomic mass is 79.9. The van der Waals surface area contributed by atoms with Gasteiger partial charge in [0.25, 0.3) is 0 Å². The number of fused-ring (bicyclic) bond motifs is 1. The highest BCUT2D eigenvalue weighted by Gasteiger charge is 2.23. The van der Waals surface area contributed by atoms with E-state index in [1.165, 1.54) is 12.1 Å². The van der Waals surface area contributed by atoms with E-state index in [0.717, 1.165) is 28.7 Å². The summed E-state index contributed by atoms with van der Waals surface area (Å²) in [5, 5.41) is 9.75. The van der Waals surface area contributed by atoms with Gasteiger partial charge in [-0.2, -0.15) is 0 Å². The molecule has 0 radical (unpaired) electrons. The number of aliphatic hydroxyl groups is 1. The summed E-state index contributed by atoms with van der Waals surface area (Å²) in [6, 6.07) is 6.36. The first-order chi connectivity index (χ1) is 8.65. The maximum Gasteiger partial charge on any atom is 0.141 e. The Kier molecular flexibility index (Phi) is 2.95. The number of hydrogen-bond donors (Lipinski definition) is 1. The lowest BCUT2D eigenvalue weighted by molar-refractivity contribution is 0.132. The molecule has 0 saturated heterocycles. The largest absolute Gasteiger partial charge is 0.391 e. The van der Waals surface area contributed by atoms with E-state index in [4.69, 9.17) is 0 Å². The molecule has 1 unspecified atom stereocenters. The summed E-state index contributed by atoms with van der Waals surface area (Å²) in [7, 11) is 0. The number of halogens is 2. The summed E-state index contributed by atoms with van der Waals surface area (Å²) >= 11 is 3.43. The average Bonchev–Trinajstić information content (AvgIpc) is 2.66. The van der Waals surface area contributed by atoms with Gasteiger partial charge in [-0.05, 0) is 40.9 Å². The predicted octanol–water partition coefficient (Wildman–Crippen LogP) is 2.76. The summed E-state index contributed by atoms with van der Waals surface area (Å²) in [6.45, 7) is 0.514. The Morgan fingerprint density at radius 1 is 1.44 bits per heavy atom. The van der Waals surface area contributed by atoms with E-state index in [9.17, 15) is 9.50 Å². The molecule has 0 saturated carbocycles. The van der Waals surface area contributed by atoms with Crippen LogP contribution in [-0.2, 0) is 13.0 Å². The molecule has 1 aliphatic rings. The van der Waals surface area contributed by atoms with Crippen LogP contribution in [0.15, 0.2) is 28.9 Å². The lowest BCUT2D eigenvalue weighted by atomic mass is 10.1. The number of hydrogen-bond acceptors (Lipinski definition) is 2. The van der Waals surface area contributed by atoms with Crippen LogP contribution in [0.4, 0.5) is 4.39 Å². The minimum absolute atomic E-state index is 0.280. The fourth-order valence-electron chi connectivity index (χ4n) is 2.35. The predicted molar refractivity (Wildman–Crippen MR) is 69.6 cm³/mol. The maximum atomic E-state index is 13.3. The Morgan fingerprint density at radius 2 is 2.28 bits per heavy atom. The topological polar surface area (TPSA) is 38.1 Å². The van der Waals surface area contributed by atoms with Crippen LogP contribution in [0, 0.1) is 5.82 Å². The van der Waals surface area contributed by atoms with Crippen molar-refractivity contribution < 1.29 is 9.50 Å². The zero-order valence-electron chi connectivity index (χ0n) is 9.61. The van der Waals surface area contributed by atoms with Crippen LogP contribution in [0.2, 0.25) is 0 Å². The van der Waals surface area contributed by atoms with Crippen LogP contribution in [0.3, 0.4) is 0 Å². The van der Waals surface area contributed by atoms with Crippen LogP contribution in [0.1, 0.15) is 12.1 Å². The van der Waals surface area contributed by atoms with Crippen molar-refractivity contribution in [2.75, 3.05) is 0 Å². The van der Waals surface area contributed by atoms with E-state index in [1.54, 1.807) is 6.07 Å². The van der Waals surface area contributed by atoms with E-state index < -0.39 is 0 Å². The molecule has 0 bridgehead atoms. The normalized spacial score (nSPS) is 18.7. The fourth-order valence-corrected chi connectivity index (χ4v) is 2.93. The summed E-state index contributed by atoms with van der Waals surface area (Å²) in [6.07, 6.45) is 1.17. The van der Waals surface area contributed by atoms with Crippen LogP contribution >= 0.6 is 15.9 Å². The molecule has 94 valence electrons. The number of benzene rings is 1. The molecule has 0 spiro atoms. The third-order valence-electron chi connectivity index (χ3n) is 3.21. The molecule has 2 aromatic rings. The van der Waals surface area contributed by atoms with E-state index in [-0.39, 0.29) is 11.9 Å². The van der Waals surface area contributed by atoms with Gasteiger partial charge in [0.05, 0.1) is 18.3 Å². The molecule has 2 heterocycles. The van der Waals surface area contributed by atoms with Gasteiger partial charge in [-0.3, -0.25) is 0 Å². The van der Waals surface area contributed by atoms with Crippen molar-refractivity contribution in [3.05, 3.63) is 40.4 Å². The number of aromatic nitrogens is 2. The molecular formula is C13H12BrFN2O. The molecule has 0 aliphatic carbocycles. The molecular weight excluding hydrogens is 299 g/mol. The third kappa shape index (κ3) is 1.97. The highest BCUT2D eigenvalue weighted by molar-refractivity contribution is 9.10. The molecule has 1 aromatic heterocycles.